The summed E-state index contributed by atoms with van der Waals surface area (Å²) >= 11 is 11.8. The van der Waals surface area contributed by atoms with Gasteiger partial charge in [0.1, 0.15) is 0 Å². The number of hydrogen-bond acceptors (Lipinski definition) is 3. The van der Waals surface area contributed by atoms with Gasteiger partial charge in [0.15, 0.2) is 0 Å². The van der Waals surface area contributed by atoms with Crippen LogP contribution in [-0.2, 0) is 9.53 Å². The van der Waals surface area contributed by atoms with Gasteiger partial charge in [-0.15, -0.1) is 0 Å². The van der Waals surface area contributed by atoms with Gasteiger partial charge in [-0.05, 0) is 18.6 Å². The van der Waals surface area contributed by atoms with E-state index >= 15 is 0 Å². The summed E-state index contributed by atoms with van der Waals surface area (Å²) in [6.07, 6.45) is 0.250. The van der Waals surface area contributed by atoms with E-state index in [-0.39, 0.29) is 28.6 Å². The van der Waals surface area contributed by atoms with Crippen molar-refractivity contribution in [3.8, 4) is 0 Å². The molecule has 1 fully saturated rings. The molecular weight excluding hydrogens is 305 g/mol. The van der Waals surface area contributed by atoms with Crippen molar-refractivity contribution in [2.45, 2.75) is 18.4 Å². The first-order valence-corrected chi connectivity index (χ1v) is 6.75. The molecule has 2 N–H and O–H groups in total. The van der Waals surface area contributed by atoms with Crippen LogP contribution < -0.4 is 5.32 Å². The van der Waals surface area contributed by atoms with E-state index < -0.39 is 17.4 Å². The molecule has 0 radical (unpaired) electrons. The van der Waals surface area contributed by atoms with Crippen molar-refractivity contribution in [3.05, 3.63) is 33.8 Å². The Labute approximate surface area is 125 Å². The molecule has 1 aromatic rings. The average molecular weight is 318 g/mol. The quantitative estimate of drug-likeness (QED) is 0.893. The number of carbonyl (C=O) groups is 2. The van der Waals surface area contributed by atoms with Crippen molar-refractivity contribution in [3.63, 3.8) is 0 Å². The van der Waals surface area contributed by atoms with E-state index in [1.165, 1.54) is 6.07 Å². The fourth-order valence-corrected chi connectivity index (χ4v) is 2.55. The Morgan fingerprint density at radius 3 is 2.75 bits per heavy atom. The highest BCUT2D eigenvalue weighted by atomic mass is 35.5. The van der Waals surface area contributed by atoms with E-state index in [0.717, 1.165) is 0 Å². The molecule has 1 aliphatic rings. The largest absolute Gasteiger partial charge is 0.481 e. The molecule has 0 aromatic heterocycles. The highest BCUT2D eigenvalue weighted by molar-refractivity contribution is 6.43. The number of halogens is 2. The maximum absolute atomic E-state index is 12.3. The summed E-state index contributed by atoms with van der Waals surface area (Å²) in [5.74, 6) is -1.45. The monoisotopic (exact) mass is 317 g/mol. The number of carbonyl (C=O) groups excluding carboxylic acids is 1. The number of carboxylic acid groups (broad SMARTS) is 1. The molecular formula is C13H13Cl2NO4. The topological polar surface area (TPSA) is 75.6 Å². The van der Waals surface area contributed by atoms with Crippen molar-refractivity contribution >= 4 is 35.1 Å². The smallest absolute Gasteiger partial charge is 0.305 e. The Balaban J connectivity index is 2.20. The third-order valence-corrected chi connectivity index (χ3v) is 3.99. The normalized spacial score (nSPS) is 21.7. The molecule has 0 bridgehead atoms. The number of benzene rings is 1. The summed E-state index contributed by atoms with van der Waals surface area (Å²) in [6, 6.07) is 4.72. The summed E-state index contributed by atoms with van der Waals surface area (Å²) in [5.41, 5.74) is -0.676. The van der Waals surface area contributed by atoms with Gasteiger partial charge in [0.05, 0.1) is 34.2 Å². The van der Waals surface area contributed by atoms with Gasteiger partial charge in [-0.2, -0.15) is 0 Å². The first-order chi connectivity index (χ1) is 9.43. The van der Waals surface area contributed by atoms with Crippen molar-refractivity contribution < 1.29 is 19.4 Å². The van der Waals surface area contributed by atoms with Crippen LogP contribution >= 0.6 is 23.2 Å². The van der Waals surface area contributed by atoms with Gasteiger partial charge in [0.2, 0.25) is 0 Å². The second-order valence-electron chi connectivity index (χ2n) is 4.71. The molecule has 0 spiro atoms. The number of ether oxygens (including phenoxy) is 1. The van der Waals surface area contributed by atoms with E-state index in [0.29, 0.717) is 13.0 Å². The van der Waals surface area contributed by atoms with Crippen molar-refractivity contribution in [2.75, 3.05) is 13.2 Å². The van der Waals surface area contributed by atoms with E-state index in [4.69, 9.17) is 33.0 Å². The van der Waals surface area contributed by atoms with E-state index in [1.807, 2.05) is 0 Å². The predicted octanol–water partition coefficient (Wildman–Crippen LogP) is 2.36. The van der Waals surface area contributed by atoms with Crippen LogP contribution in [0.5, 0.6) is 0 Å². The van der Waals surface area contributed by atoms with Crippen molar-refractivity contribution in [2.24, 2.45) is 0 Å². The molecule has 7 heteroatoms. The zero-order valence-corrected chi connectivity index (χ0v) is 12.0. The van der Waals surface area contributed by atoms with Crippen LogP contribution in [-0.4, -0.2) is 35.7 Å². The number of hydrogen-bond donors (Lipinski definition) is 2. The van der Waals surface area contributed by atoms with Crippen LogP contribution in [0.4, 0.5) is 0 Å². The highest BCUT2D eigenvalue weighted by Gasteiger charge is 2.39. The minimum absolute atomic E-state index is 0.149. The van der Waals surface area contributed by atoms with Crippen LogP contribution in [0.2, 0.25) is 10.0 Å². The number of aliphatic carboxylic acids is 1. The van der Waals surface area contributed by atoms with Crippen LogP contribution in [0.3, 0.4) is 0 Å². The number of carboxylic acids is 1. The lowest BCUT2D eigenvalue weighted by Crippen LogP contribution is -2.50. The Morgan fingerprint density at radius 2 is 2.15 bits per heavy atom. The lowest BCUT2D eigenvalue weighted by atomic mass is 9.93. The van der Waals surface area contributed by atoms with Gasteiger partial charge < -0.3 is 15.2 Å². The summed E-state index contributed by atoms with van der Waals surface area (Å²) in [7, 11) is 0. The van der Waals surface area contributed by atoms with Crippen LogP contribution in [0, 0.1) is 0 Å². The molecule has 1 saturated heterocycles. The van der Waals surface area contributed by atoms with Crippen LogP contribution in [0.15, 0.2) is 18.2 Å². The standard InChI is InChI=1S/C13H13Cl2NO4/c14-9-3-1-2-8(11(9)15)12(19)16-13(6-10(17)18)4-5-20-7-13/h1-3H,4-7H2,(H,16,19)(H,17,18). The fraction of sp³-hybridized carbons (Fsp3) is 0.385. The molecule has 108 valence electrons. The Hall–Kier alpha value is -1.30. The third-order valence-electron chi connectivity index (χ3n) is 3.17. The molecule has 1 atom stereocenters. The maximum atomic E-state index is 12.3. The second-order valence-corrected chi connectivity index (χ2v) is 5.49. The first kappa shape index (κ1) is 15.1. The lowest BCUT2D eigenvalue weighted by molar-refractivity contribution is -0.138. The van der Waals surface area contributed by atoms with Gasteiger partial charge in [-0.25, -0.2) is 0 Å². The number of amides is 1. The molecule has 5 nitrogen and oxygen atoms in total. The molecule has 1 heterocycles. The molecule has 0 aliphatic carbocycles. The van der Waals surface area contributed by atoms with Crippen LogP contribution in [0.1, 0.15) is 23.2 Å². The maximum Gasteiger partial charge on any atom is 0.305 e. The SMILES string of the molecule is O=C(O)CC1(NC(=O)c2cccc(Cl)c2Cl)CCOC1. The molecule has 20 heavy (non-hydrogen) atoms. The Morgan fingerprint density at radius 1 is 1.40 bits per heavy atom. The molecule has 0 saturated carbocycles. The molecule has 1 amide bonds. The minimum Gasteiger partial charge on any atom is -0.481 e. The van der Waals surface area contributed by atoms with Crippen molar-refractivity contribution in [1.29, 1.82) is 0 Å². The third kappa shape index (κ3) is 3.23. The van der Waals surface area contributed by atoms with Gasteiger partial charge in [-0.3, -0.25) is 9.59 Å². The highest BCUT2D eigenvalue weighted by Crippen LogP contribution is 2.28. The molecule has 1 aromatic carbocycles. The second kappa shape index (κ2) is 5.99. The zero-order chi connectivity index (χ0) is 14.8. The molecule has 1 aliphatic heterocycles. The Bertz CT molecular complexity index is 541. The lowest BCUT2D eigenvalue weighted by Gasteiger charge is -2.27. The first-order valence-electron chi connectivity index (χ1n) is 6.00. The van der Waals surface area contributed by atoms with E-state index in [2.05, 4.69) is 5.32 Å². The summed E-state index contributed by atoms with van der Waals surface area (Å²) < 4.78 is 5.21. The van der Waals surface area contributed by atoms with Gasteiger partial charge >= 0.3 is 5.97 Å². The van der Waals surface area contributed by atoms with Crippen LogP contribution in [0.25, 0.3) is 0 Å². The van der Waals surface area contributed by atoms with E-state index in [1.54, 1.807) is 12.1 Å². The number of rotatable bonds is 4. The minimum atomic E-state index is -0.993. The predicted molar refractivity (Wildman–Crippen MR) is 74.3 cm³/mol. The molecule has 1 unspecified atom stereocenters. The van der Waals surface area contributed by atoms with Gasteiger partial charge in [-0.1, -0.05) is 29.3 Å². The summed E-state index contributed by atoms with van der Waals surface area (Å²) in [4.78, 5) is 23.2. The number of nitrogens with one attached hydrogen (secondary N) is 1. The van der Waals surface area contributed by atoms with Gasteiger partial charge in [0.25, 0.3) is 5.91 Å². The fourth-order valence-electron chi connectivity index (χ4n) is 2.17. The average Bonchev–Trinajstić information content (AvgIpc) is 2.79. The van der Waals surface area contributed by atoms with Gasteiger partial charge in [0, 0.05) is 6.61 Å². The summed E-state index contributed by atoms with van der Waals surface area (Å²) in [6.45, 7) is 0.583. The zero-order valence-electron chi connectivity index (χ0n) is 10.5. The van der Waals surface area contributed by atoms with Crippen molar-refractivity contribution in [1.82, 2.24) is 5.32 Å². The molecule has 2 rings (SSSR count). The van der Waals surface area contributed by atoms with E-state index in [9.17, 15) is 9.59 Å². The Kier molecular flexibility index (Phi) is 4.52. The summed E-state index contributed by atoms with van der Waals surface area (Å²) in [5, 5.41) is 12.1.